The van der Waals surface area contributed by atoms with Crippen molar-refractivity contribution in [2.75, 3.05) is 14.2 Å². The standard InChI is InChI=1S/C11H10BrNO3/c1-15-9-4-7(6-13)3-8(11(9)12)5-10(14)16-2/h3-4H,5H2,1-2H3. The van der Waals surface area contributed by atoms with Crippen molar-refractivity contribution in [1.29, 1.82) is 5.26 Å². The summed E-state index contributed by atoms with van der Waals surface area (Å²) in [6.45, 7) is 0. The van der Waals surface area contributed by atoms with E-state index < -0.39 is 0 Å². The first-order valence-corrected chi connectivity index (χ1v) is 5.25. The Morgan fingerprint density at radius 3 is 2.69 bits per heavy atom. The predicted molar refractivity (Wildman–Crippen MR) is 61.1 cm³/mol. The molecule has 0 unspecified atom stereocenters. The third kappa shape index (κ3) is 2.74. The van der Waals surface area contributed by atoms with Crippen LogP contribution in [0.1, 0.15) is 11.1 Å². The van der Waals surface area contributed by atoms with Crippen LogP contribution in [-0.4, -0.2) is 20.2 Å². The Hall–Kier alpha value is -1.54. The first kappa shape index (κ1) is 12.5. The average Bonchev–Trinajstić information content (AvgIpc) is 2.31. The number of carbonyl (C=O) groups is 1. The number of nitriles is 1. The van der Waals surface area contributed by atoms with E-state index in [-0.39, 0.29) is 12.4 Å². The third-order valence-electron chi connectivity index (χ3n) is 2.03. The zero-order chi connectivity index (χ0) is 12.1. The number of carbonyl (C=O) groups excluding carboxylic acids is 1. The fourth-order valence-corrected chi connectivity index (χ4v) is 1.76. The van der Waals surface area contributed by atoms with Crippen LogP contribution in [0, 0.1) is 11.3 Å². The van der Waals surface area contributed by atoms with Crippen molar-refractivity contribution in [2.45, 2.75) is 6.42 Å². The quantitative estimate of drug-likeness (QED) is 0.797. The molecule has 0 amide bonds. The molecule has 0 heterocycles. The third-order valence-corrected chi connectivity index (χ3v) is 2.93. The number of methoxy groups -OCH3 is 2. The maximum Gasteiger partial charge on any atom is 0.310 e. The van der Waals surface area contributed by atoms with Crippen LogP contribution in [0.3, 0.4) is 0 Å². The van der Waals surface area contributed by atoms with Gasteiger partial charge in [0.2, 0.25) is 0 Å². The van der Waals surface area contributed by atoms with E-state index in [0.29, 0.717) is 21.3 Å². The number of hydrogen-bond acceptors (Lipinski definition) is 4. The summed E-state index contributed by atoms with van der Waals surface area (Å²) in [6.07, 6.45) is 0.100. The van der Waals surface area contributed by atoms with Crippen LogP contribution in [0.4, 0.5) is 0 Å². The van der Waals surface area contributed by atoms with Crippen LogP contribution in [0.15, 0.2) is 16.6 Å². The van der Waals surface area contributed by atoms with Crippen molar-refractivity contribution in [3.8, 4) is 11.8 Å². The normalized spacial score (nSPS) is 9.38. The van der Waals surface area contributed by atoms with Gasteiger partial charge in [-0.05, 0) is 33.6 Å². The lowest BCUT2D eigenvalue weighted by Gasteiger charge is -2.08. The molecule has 0 aliphatic rings. The molecule has 1 aromatic carbocycles. The van der Waals surface area contributed by atoms with Gasteiger partial charge in [-0.2, -0.15) is 5.26 Å². The molecule has 4 nitrogen and oxygen atoms in total. The van der Waals surface area contributed by atoms with Gasteiger partial charge in [0.15, 0.2) is 0 Å². The van der Waals surface area contributed by atoms with Crippen molar-refractivity contribution in [3.63, 3.8) is 0 Å². The molecule has 0 saturated carbocycles. The fourth-order valence-electron chi connectivity index (χ4n) is 1.22. The Morgan fingerprint density at radius 1 is 1.50 bits per heavy atom. The Balaban J connectivity index is 3.17. The van der Waals surface area contributed by atoms with Gasteiger partial charge in [0.25, 0.3) is 0 Å². The SMILES string of the molecule is COC(=O)Cc1cc(C#N)cc(OC)c1Br. The number of hydrogen-bond donors (Lipinski definition) is 0. The Kier molecular flexibility index (Phi) is 4.32. The molecule has 0 saturated heterocycles. The molecule has 0 aliphatic heterocycles. The van der Waals surface area contributed by atoms with Crippen molar-refractivity contribution < 1.29 is 14.3 Å². The van der Waals surface area contributed by atoms with Gasteiger partial charge in [-0.3, -0.25) is 4.79 Å². The summed E-state index contributed by atoms with van der Waals surface area (Å²) >= 11 is 3.32. The van der Waals surface area contributed by atoms with Crippen molar-refractivity contribution in [1.82, 2.24) is 0 Å². The summed E-state index contributed by atoms with van der Waals surface area (Å²) in [5.74, 6) is 0.163. The number of ether oxygens (including phenoxy) is 2. The van der Waals surface area contributed by atoms with Gasteiger partial charge in [0, 0.05) is 0 Å². The van der Waals surface area contributed by atoms with Crippen LogP contribution < -0.4 is 4.74 Å². The Morgan fingerprint density at radius 2 is 2.19 bits per heavy atom. The van der Waals surface area contributed by atoms with E-state index in [2.05, 4.69) is 20.7 Å². The lowest BCUT2D eigenvalue weighted by atomic mass is 10.1. The summed E-state index contributed by atoms with van der Waals surface area (Å²) in [6, 6.07) is 5.24. The topological polar surface area (TPSA) is 59.3 Å². The van der Waals surface area contributed by atoms with E-state index in [0.717, 1.165) is 0 Å². The van der Waals surface area contributed by atoms with E-state index in [4.69, 9.17) is 10.00 Å². The highest BCUT2D eigenvalue weighted by molar-refractivity contribution is 9.10. The molecule has 0 bridgehead atoms. The minimum atomic E-state index is -0.363. The molecular weight excluding hydrogens is 274 g/mol. The van der Waals surface area contributed by atoms with E-state index >= 15 is 0 Å². The lowest BCUT2D eigenvalue weighted by Crippen LogP contribution is -2.06. The molecule has 0 atom stereocenters. The van der Waals surface area contributed by atoms with Gasteiger partial charge in [0.1, 0.15) is 5.75 Å². The van der Waals surface area contributed by atoms with E-state index in [1.807, 2.05) is 6.07 Å². The summed E-state index contributed by atoms with van der Waals surface area (Å²) in [4.78, 5) is 11.2. The van der Waals surface area contributed by atoms with Crippen molar-refractivity contribution >= 4 is 21.9 Å². The van der Waals surface area contributed by atoms with Gasteiger partial charge in [-0.1, -0.05) is 0 Å². The number of halogens is 1. The molecule has 0 aliphatic carbocycles. The van der Waals surface area contributed by atoms with Gasteiger partial charge >= 0.3 is 5.97 Å². The highest BCUT2D eigenvalue weighted by Crippen LogP contribution is 2.30. The molecule has 0 radical (unpaired) electrons. The minimum absolute atomic E-state index is 0.100. The second-order valence-corrected chi connectivity index (χ2v) is 3.81. The minimum Gasteiger partial charge on any atom is -0.496 e. The zero-order valence-electron chi connectivity index (χ0n) is 8.91. The average molecular weight is 284 g/mol. The lowest BCUT2D eigenvalue weighted by molar-refractivity contribution is -0.139. The van der Waals surface area contributed by atoms with Crippen molar-refractivity contribution in [3.05, 3.63) is 27.7 Å². The molecule has 0 N–H and O–H groups in total. The molecule has 1 rings (SSSR count). The van der Waals surface area contributed by atoms with Gasteiger partial charge < -0.3 is 9.47 Å². The van der Waals surface area contributed by atoms with E-state index in [9.17, 15) is 4.79 Å². The molecule has 1 aromatic rings. The number of benzene rings is 1. The molecule has 0 spiro atoms. The fraction of sp³-hybridized carbons (Fsp3) is 0.273. The first-order chi connectivity index (χ1) is 7.62. The van der Waals surface area contributed by atoms with Crippen molar-refractivity contribution in [2.24, 2.45) is 0 Å². The summed E-state index contributed by atoms with van der Waals surface area (Å²) in [5, 5.41) is 8.83. The van der Waals surface area contributed by atoms with E-state index in [1.54, 1.807) is 12.1 Å². The molecular formula is C11H10BrNO3. The Bertz CT molecular complexity index is 451. The molecule has 84 valence electrons. The van der Waals surface area contributed by atoms with Gasteiger partial charge in [-0.25, -0.2) is 0 Å². The number of nitrogens with zero attached hydrogens (tertiary/aromatic N) is 1. The smallest absolute Gasteiger partial charge is 0.310 e. The summed E-state index contributed by atoms with van der Waals surface area (Å²) in [5.41, 5.74) is 1.11. The number of rotatable bonds is 3. The first-order valence-electron chi connectivity index (χ1n) is 4.45. The molecule has 5 heteroatoms. The van der Waals surface area contributed by atoms with Gasteiger partial charge in [0.05, 0.1) is 36.7 Å². The highest BCUT2D eigenvalue weighted by Gasteiger charge is 2.12. The zero-order valence-corrected chi connectivity index (χ0v) is 10.5. The Labute approximate surface area is 102 Å². The van der Waals surface area contributed by atoms with Crippen LogP contribution in [0.2, 0.25) is 0 Å². The van der Waals surface area contributed by atoms with Gasteiger partial charge in [-0.15, -0.1) is 0 Å². The maximum absolute atomic E-state index is 11.2. The van der Waals surface area contributed by atoms with Crippen LogP contribution in [-0.2, 0) is 16.0 Å². The van der Waals surface area contributed by atoms with Crippen LogP contribution in [0.25, 0.3) is 0 Å². The second-order valence-electron chi connectivity index (χ2n) is 3.02. The summed E-state index contributed by atoms with van der Waals surface area (Å²) < 4.78 is 10.3. The van der Waals surface area contributed by atoms with Crippen LogP contribution >= 0.6 is 15.9 Å². The summed E-state index contributed by atoms with van der Waals surface area (Å²) in [7, 11) is 2.82. The van der Waals surface area contributed by atoms with E-state index in [1.165, 1.54) is 14.2 Å². The molecule has 0 fully saturated rings. The largest absolute Gasteiger partial charge is 0.496 e. The maximum atomic E-state index is 11.2. The van der Waals surface area contributed by atoms with Crippen LogP contribution in [0.5, 0.6) is 5.75 Å². The highest BCUT2D eigenvalue weighted by atomic mass is 79.9. The monoisotopic (exact) mass is 283 g/mol. The molecule has 16 heavy (non-hydrogen) atoms. The number of esters is 1. The predicted octanol–water partition coefficient (Wildman–Crippen LogP) is 2.04. The molecule has 0 aromatic heterocycles. The second kappa shape index (κ2) is 5.52.